The maximum absolute atomic E-state index is 12.6. The average molecular weight is 410 g/mol. The van der Waals surface area contributed by atoms with Crippen LogP contribution in [0.1, 0.15) is 49.2 Å². The van der Waals surface area contributed by atoms with Crippen LogP contribution in [0.3, 0.4) is 0 Å². The minimum absolute atomic E-state index is 0.133. The van der Waals surface area contributed by atoms with Gasteiger partial charge in [-0.15, -0.1) is 0 Å². The third-order valence-corrected chi connectivity index (χ3v) is 4.65. The maximum Gasteiger partial charge on any atom is 0.357 e. The van der Waals surface area contributed by atoms with Crippen molar-refractivity contribution in [1.29, 1.82) is 0 Å². The number of methoxy groups -OCH3 is 1. The van der Waals surface area contributed by atoms with E-state index in [-0.39, 0.29) is 11.0 Å². The van der Waals surface area contributed by atoms with Gasteiger partial charge in [-0.1, -0.05) is 45.0 Å². The summed E-state index contributed by atoms with van der Waals surface area (Å²) in [5.74, 6) is -2.02. The first kappa shape index (κ1) is 22.9. The molecule has 0 aliphatic rings. The molecule has 2 aromatic carbocycles. The van der Waals surface area contributed by atoms with Crippen LogP contribution < -0.4 is 4.74 Å². The van der Waals surface area contributed by atoms with Crippen molar-refractivity contribution in [2.75, 3.05) is 7.11 Å². The van der Waals surface area contributed by atoms with Crippen molar-refractivity contribution < 1.29 is 29.0 Å². The van der Waals surface area contributed by atoms with Gasteiger partial charge in [0.2, 0.25) is 0 Å². The lowest BCUT2D eigenvalue weighted by molar-refractivity contribution is -0.172. The summed E-state index contributed by atoms with van der Waals surface area (Å²) in [6.45, 7) is 7.23. The van der Waals surface area contributed by atoms with Crippen LogP contribution >= 0.6 is 0 Å². The summed E-state index contributed by atoms with van der Waals surface area (Å²) in [5.41, 5.74) is -0.683. The molecule has 0 spiro atoms. The van der Waals surface area contributed by atoms with Gasteiger partial charge >= 0.3 is 11.9 Å². The van der Waals surface area contributed by atoms with E-state index in [4.69, 9.17) is 9.47 Å². The number of rotatable bonds is 7. The standard InChI is InChI=1S/C24H26O6/c1-16(25)30-24(22(27)28,19-10-8-18(9-11-19)23(2,3)4)15-14-21(26)17-6-12-20(29-5)13-7-17/h6-15H,1-5H3,(H,27,28)/b15-14+. The lowest BCUT2D eigenvalue weighted by Gasteiger charge is -2.27. The SMILES string of the molecule is COc1ccc(C(=O)/C=C/C(OC(C)=O)(C(=O)O)c2ccc(C(C)(C)C)cc2)cc1. The molecule has 0 saturated heterocycles. The number of aliphatic carboxylic acids is 1. The van der Waals surface area contributed by atoms with Crippen LogP contribution in [0.4, 0.5) is 0 Å². The zero-order valence-corrected chi connectivity index (χ0v) is 17.8. The van der Waals surface area contributed by atoms with E-state index in [0.29, 0.717) is 11.3 Å². The van der Waals surface area contributed by atoms with Gasteiger partial charge in [-0.2, -0.15) is 0 Å². The normalized spacial score (nSPS) is 13.5. The first-order chi connectivity index (χ1) is 14.0. The molecule has 0 bridgehead atoms. The molecular weight excluding hydrogens is 384 g/mol. The number of carboxylic acids is 1. The van der Waals surface area contributed by atoms with E-state index in [1.54, 1.807) is 48.5 Å². The number of esters is 1. The van der Waals surface area contributed by atoms with E-state index < -0.39 is 23.3 Å². The second-order valence-electron chi connectivity index (χ2n) is 7.89. The van der Waals surface area contributed by atoms with Crippen LogP contribution in [0, 0.1) is 0 Å². The number of allylic oxidation sites excluding steroid dienone is 1. The Morgan fingerprint density at radius 1 is 0.900 bits per heavy atom. The molecule has 2 aromatic rings. The van der Waals surface area contributed by atoms with E-state index in [2.05, 4.69) is 0 Å². The molecular formula is C24H26O6. The van der Waals surface area contributed by atoms with Crippen LogP contribution in [0.15, 0.2) is 60.7 Å². The molecule has 1 unspecified atom stereocenters. The van der Waals surface area contributed by atoms with Crippen molar-refractivity contribution in [3.8, 4) is 5.75 Å². The van der Waals surface area contributed by atoms with E-state index >= 15 is 0 Å². The van der Waals surface area contributed by atoms with Gasteiger partial charge < -0.3 is 14.6 Å². The van der Waals surface area contributed by atoms with Gasteiger partial charge in [0.25, 0.3) is 5.60 Å². The minimum Gasteiger partial charge on any atom is -0.497 e. The van der Waals surface area contributed by atoms with Crippen molar-refractivity contribution in [1.82, 2.24) is 0 Å². The predicted molar refractivity (Wildman–Crippen MR) is 113 cm³/mol. The van der Waals surface area contributed by atoms with E-state index in [0.717, 1.165) is 24.6 Å². The second-order valence-corrected chi connectivity index (χ2v) is 7.89. The highest BCUT2D eigenvalue weighted by molar-refractivity contribution is 6.05. The highest BCUT2D eigenvalue weighted by Gasteiger charge is 2.42. The molecule has 0 fully saturated rings. The molecule has 0 amide bonds. The number of benzene rings is 2. The Kier molecular flexibility index (Phi) is 6.82. The third-order valence-electron chi connectivity index (χ3n) is 4.65. The van der Waals surface area contributed by atoms with Crippen molar-refractivity contribution in [3.63, 3.8) is 0 Å². The Morgan fingerprint density at radius 3 is 1.87 bits per heavy atom. The third kappa shape index (κ3) is 5.14. The van der Waals surface area contributed by atoms with Crippen LogP contribution in [-0.2, 0) is 25.3 Å². The Bertz CT molecular complexity index is 949. The Morgan fingerprint density at radius 2 is 1.43 bits per heavy atom. The summed E-state index contributed by atoms with van der Waals surface area (Å²) >= 11 is 0. The fraction of sp³-hybridized carbons (Fsp3) is 0.292. The van der Waals surface area contributed by atoms with Gasteiger partial charge in [0.1, 0.15) is 5.75 Å². The molecule has 0 radical (unpaired) electrons. The van der Waals surface area contributed by atoms with Gasteiger partial charge in [-0.3, -0.25) is 9.59 Å². The number of ketones is 1. The van der Waals surface area contributed by atoms with Crippen molar-refractivity contribution in [2.24, 2.45) is 0 Å². The molecule has 1 N–H and O–H groups in total. The molecule has 0 saturated carbocycles. The average Bonchev–Trinajstić information content (AvgIpc) is 2.70. The van der Waals surface area contributed by atoms with Crippen LogP contribution in [0.5, 0.6) is 5.75 Å². The number of hydrogen-bond acceptors (Lipinski definition) is 5. The van der Waals surface area contributed by atoms with Crippen LogP contribution in [0.2, 0.25) is 0 Å². The highest BCUT2D eigenvalue weighted by atomic mass is 16.6. The minimum atomic E-state index is -2.12. The molecule has 6 nitrogen and oxygen atoms in total. The zero-order chi connectivity index (χ0) is 22.5. The molecule has 0 aromatic heterocycles. The summed E-state index contributed by atoms with van der Waals surface area (Å²) in [5, 5.41) is 9.95. The Hall–Kier alpha value is -3.41. The van der Waals surface area contributed by atoms with Crippen LogP contribution in [0.25, 0.3) is 0 Å². The summed E-state index contributed by atoms with van der Waals surface area (Å²) in [7, 11) is 1.52. The first-order valence-corrected chi connectivity index (χ1v) is 9.41. The van der Waals surface area contributed by atoms with Crippen molar-refractivity contribution in [2.45, 2.75) is 38.7 Å². The molecule has 2 rings (SSSR count). The molecule has 158 valence electrons. The number of carboxylic acid groups (broad SMARTS) is 1. The molecule has 0 aliphatic carbocycles. The van der Waals surface area contributed by atoms with E-state index in [9.17, 15) is 19.5 Å². The van der Waals surface area contributed by atoms with Gasteiger partial charge in [-0.05, 0) is 47.4 Å². The van der Waals surface area contributed by atoms with E-state index in [1.165, 1.54) is 7.11 Å². The quantitative estimate of drug-likeness (QED) is 0.416. The number of ether oxygens (including phenoxy) is 2. The number of carbonyl (C=O) groups is 3. The zero-order valence-electron chi connectivity index (χ0n) is 17.8. The number of carbonyl (C=O) groups excluding carboxylic acids is 2. The summed E-state index contributed by atoms with van der Waals surface area (Å²) in [6, 6.07) is 13.2. The summed E-state index contributed by atoms with van der Waals surface area (Å²) < 4.78 is 10.3. The van der Waals surface area contributed by atoms with E-state index in [1.807, 2.05) is 20.8 Å². The smallest absolute Gasteiger partial charge is 0.357 e. The van der Waals surface area contributed by atoms with Gasteiger partial charge in [-0.25, -0.2) is 4.79 Å². The molecule has 0 heterocycles. The lowest BCUT2D eigenvalue weighted by atomic mass is 9.84. The lowest BCUT2D eigenvalue weighted by Crippen LogP contribution is -2.38. The summed E-state index contributed by atoms with van der Waals surface area (Å²) in [4.78, 5) is 36.5. The maximum atomic E-state index is 12.6. The molecule has 0 aliphatic heterocycles. The number of hydrogen-bond donors (Lipinski definition) is 1. The summed E-state index contributed by atoms with van der Waals surface area (Å²) in [6.07, 6.45) is 2.21. The monoisotopic (exact) mass is 410 g/mol. The fourth-order valence-electron chi connectivity index (χ4n) is 2.92. The molecule has 6 heteroatoms. The first-order valence-electron chi connectivity index (χ1n) is 9.41. The van der Waals surface area contributed by atoms with Crippen molar-refractivity contribution in [3.05, 3.63) is 77.4 Å². The van der Waals surface area contributed by atoms with Gasteiger partial charge in [0.05, 0.1) is 7.11 Å². The molecule has 1 atom stereocenters. The second kappa shape index (κ2) is 8.95. The van der Waals surface area contributed by atoms with Gasteiger partial charge in [0.15, 0.2) is 5.78 Å². The predicted octanol–water partition coefficient (Wildman–Crippen LogP) is 4.27. The Balaban J connectivity index is 2.48. The highest BCUT2D eigenvalue weighted by Crippen LogP contribution is 2.31. The fourth-order valence-corrected chi connectivity index (χ4v) is 2.92. The Labute approximate surface area is 176 Å². The van der Waals surface area contributed by atoms with Crippen molar-refractivity contribution >= 4 is 17.7 Å². The topological polar surface area (TPSA) is 89.9 Å². The van der Waals surface area contributed by atoms with Gasteiger partial charge in [0, 0.05) is 18.1 Å². The van der Waals surface area contributed by atoms with Crippen LogP contribution in [-0.4, -0.2) is 29.9 Å². The molecule has 30 heavy (non-hydrogen) atoms. The largest absolute Gasteiger partial charge is 0.497 e.